The van der Waals surface area contributed by atoms with E-state index in [0.717, 1.165) is 5.75 Å². The zero-order valence-electron chi connectivity index (χ0n) is 12.1. The van der Waals surface area contributed by atoms with Gasteiger partial charge < -0.3 is 0 Å². The molecule has 0 nitrogen and oxygen atoms in total. The number of thioether (sulfide) groups is 1. The van der Waals surface area contributed by atoms with Gasteiger partial charge in [0.25, 0.3) is 0 Å². The molecule has 0 N–H and O–H groups in total. The smallest absolute Gasteiger partial charge is 0.0232 e. The van der Waals surface area contributed by atoms with Gasteiger partial charge in [-0.15, -0.1) is 11.8 Å². The minimum Gasteiger partial charge on any atom is -0.121 e. The molecule has 0 atom stereocenters. The van der Waals surface area contributed by atoms with Crippen LogP contribution in [0.4, 0.5) is 0 Å². The maximum atomic E-state index is 2.23. The lowest BCUT2D eigenvalue weighted by atomic mass is 10.0. The van der Waals surface area contributed by atoms with Crippen LogP contribution >= 0.6 is 11.8 Å². The largest absolute Gasteiger partial charge is 0.121 e. The third kappa shape index (κ3) is 3.77. The van der Waals surface area contributed by atoms with Crippen LogP contribution < -0.4 is 0 Å². The monoisotopic (exact) mass is 290 g/mol. The van der Waals surface area contributed by atoms with Crippen molar-refractivity contribution in [1.82, 2.24) is 0 Å². The number of aryl methyl sites for hydroxylation is 1. The van der Waals surface area contributed by atoms with Gasteiger partial charge in [-0.25, -0.2) is 0 Å². The summed E-state index contributed by atoms with van der Waals surface area (Å²) in [7, 11) is 0. The molecule has 0 spiro atoms. The van der Waals surface area contributed by atoms with E-state index in [1.165, 1.54) is 27.1 Å². The molecule has 104 valence electrons. The molecule has 0 aliphatic heterocycles. The van der Waals surface area contributed by atoms with E-state index in [9.17, 15) is 0 Å². The highest BCUT2D eigenvalue weighted by molar-refractivity contribution is 7.98. The molecule has 21 heavy (non-hydrogen) atoms. The Bertz CT molecular complexity index is 682. The summed E-state index contributed by atoms with van der Waals surface area (Å²) in [4.78, 5) is 1.33. The summed E-state index contributed by atoms with van der Waals surface area (Å²) in [5.41, 5.74) is 5.22. The standard InChI is InChI=1S/C20H18S/c1-16-7-13-20(14-8-16)21-15-17-9-11-19(12-10-17)18-5-3-2-4-6-18/h2-14H,15H2,1H3. The van der Waals surface area contributed by atoms with E-state index in [4.69, 9.17) is 0 Å². The van der Waals surface area contributed by atoms with Crippen molar-refractivity contribution >= 4 is 11.8 Å². The van der Waals surface area contributed by atoms with Gasteiger partial charge in [0, 0.05) is 10.6 Å². The SMILES string of the molecule is Cc1ccc(SCc2ccc(-c3ccccc3)cc2)cc1. The summed E-state index contributed by atoms with van der Waals surface area (Å²) < 4.78 is 0. The molecule has 0 aliphatic carbocycles. The maximum Gasteiger partial charge on any atom is 0.0232 e. The second-order valence-electron chi connectivity index (χ2n) is 5.16. The fraction of sp³-hybridized carbons (Fsp3) is 0.100. The average molecular weight is 290 g/mol. The van der Waals surface area contributed by atoms with Crippen LogP contribution in [0.3, 0.4) is 0 Å². The highest BCUT2D eigenvalue weighted by Crippen LogP contribution is 2.25. The van der Waals surface area contributed by atoms with Crippen LogP contribution in [0.25, 0.3) is 11.1 Å². The zero-order chi connectivity index (χ0) is 14.5. The fourth-order valence-corrected chi connectivity index (χ4v) is 3.08. The summed E-state index contributed by atoms with van der Waals surface area (Å²) in [6.45, 7) is 2.12. The van der Waals surface area contributed by atoms with Crippen molar-refractivity contribution in [2.24, 2.45) is 0 Å². The van der Waals surface area contributed by atoms with Crippen molar-refractivity contribution in [3.8, 4) is 11.1 Å². The van der Waals surface area contributed by atoms with E-state index in [1.54, 1.807) is 0 Å². The molecule has 3 aromatic rings. The van der Waals surface area contributed by atoms with Crippen molar-refractivity contribution < 1.29 is 0 Å². The molecule has 3 aromatic carbocycles. The number of benzene rings is 3. The van der Waals surface area contributed by atoms with E-state index in [1.807, 2.05) is 11.8 Å². The first-order valence-electron chi connectivity index (χ1n) is 7.15. The summed E-state index contributed by atoms with van der Waals surface area (Å²) in [5, 5.41) is 0. The van der Waals surface area contributed by atoms with E-state index in [0.29, 0.717) is 0 Å². The molecule has 1 heteroatoms. The Morgan fingerprint density at radius 2 is 1.29 bits per heavy atom. The lowest BCUT2D eigenvalue weighted by Gasteiger charge is -2.05. The van der Waals surface area contributed by atoms with Crippen molar-refractivity contribution in [1.29, 1.82) is 0 Å². The van der Waals surface area contributed by atoms with Crippen LogP contribution in [0.2, 0.25) is 0 Å². The maximum absolute atomic E-state index is 2.23. The first-order chi connectivity index (χ1) is 10.3. The van der Waals surface area contributed by atoms with Crippen LogP contribution in [0, 0.1) is 6.92 Å². The number of hydrogen-bond acceptors (Lipinski definition) is 1. The molecule has 0 heterocycles. The Labute approximate surface area is 130 Å². The van der Waals surface area contributed by atoms with Crippen molar-refractivity contribution in [2.75, 3.05) is 0 Å². The molecule has 0 saturated heterocycles. The van der Waals surface area contributed by atoms with E-state index < -0.39 is 0 Å². The zero-order valence-corrected chi connectivity index (χ0v) is 12.9. The highest BCUT2D eigenvalue weighted by atomic mass is 32.2. The van der Waals surface area contributed by atoms with Crippen molar-refractivity contribution in [3.63, 3.8) is 0 Å². The van der Waals surface area contributed by atoms with Gasteiger partial charge in [-0.1, -0.05) is 72.3 Å². The quantitative estimate of drug-likeness (QED) is 0.535. The van der Waals surface area contributed by atoms with Gasteiger partial charge in [-0.2, -0.15) is 0 Å². The Kier molecular flexibility index (Phi) is 4.42. The van der Waals surface area contributed by atoms with Gasteiger partial charge in [0.1, 0.15) is 0 Å². The molecule has 0 saturated carbocycles. The first kappa shape index (κ1) is 14.0. The number of rotatable bonds is 4. The summed E-state index contributed by atoms with van der Waals surface area (Å²) in [6, 6.07) is 28.1. The van der Waals surface area contributed by atoms with Gasteiger partial charge in [0.15, 0.2) is 0 Å². The van der Waals surface area contributed by atoms with Crippen LogP contribution in [0.1, 0.15) is 11.1 Å². The second kappa shape index (κ2) is 6.64. The molecular weight excluding hydrogens is 272 g/mol. The van der Waals surface area contributed by atoms with Crippen LogP contribution in [-0.4, -0.2) is 0 Å². The predicted octanol–water partition coefficient (Wildman–Crippen LogP) is 5.95. The third-order valence-corrected chi connectivity index (χ3v) is 4.57. The fourth-order valence-electron chi connectivity index (χ4n) is 2.23. The Hall–Kier alpha value is -1.99. The molecule has 3 rings (SSSR count). The van der Waals surface area contributed by atoms with E-state index in [2.05, 4.69) is 85.8 Å². The van der Waals surface area contributed by atoms with Crippen molar-refractivity contribution in [2.45, 2.75) is 17.6 Å². The van der Waals surface area contributed by atoms with Gasteiger partial charge in [0.05, 0.1) is 0 Å². The topological polar surface area (TPSA) is 0 Å². The Balaban J connectivity index is 1.66. The minimum atomic E-state index is 1.01. The minimum absolute atomic E-state index is 1.01. The van der Waals surface area contributed by atoms with Crippen LogP contribution in [0.5, 0.6) is 0 Å². The lowest BCUT2D eigenvalue weighted by Crippen LogP contribution is -1.82. The third-order valence-electron chi connectivity index (χ3n) is 3.49. The van der Waals surface area contributed by atoms with E-state index >= 15 is 0 Å². The normalized spacial score (nSPS) is 10.5. The molecule has 0 aromatic heterocycles. The highest BCUT2D eigenvalue weighted by Gasteiger charge is 1.99. The van der Waals surface area contributed by atoms with Crippen LogP contribution in [0.15, 0.2) is 83.8 Å². The van der Waals surface area contributed by atoms with E-state index in [-0.39, 0.29) is 0 Å². The molecule has 0 aliphatic rings. The molecule has 0 bridgehead atoms. The van der Waals surface area contributed by atoms with Crippen molar-refractivity contribution in [3.05, 3.63) is 90.0 Å². The average Bonchev–Trinajstić information content (AvgIpc) is 2.56. The molecule has 0 radical (unpaired) electrons. The van der Waals surface area contributed by atoms with Crippen LogP contribution in [-0.2, 0) is 5.75 Å². The molecule has 0 fully saturated rings. The second-order valence-corrected chi connectivity index (χ2v) is 6.21. The van der Waals surface area contributed by atoms with Gasteiger partial charge >= 0.3 is 0 Å². The van der Waals surface area contributed by atoms with Gasteiger partial charge in [-0.05, 0) is 35.7 Å². The van der Waals surface area contributed by atoms with Gasteiger partial charge in [0.2, 0.25) is 0 Å². The molecular formula is C20H18S. The lowest BCUT2D eigenvalue weighted by molar-refractivity contribution is 1.35. The summed E-state index contributed by atoms with van der Waals surface area (Å²) >= 11 is 1.88. The number of hydrogen-bond donors (Lipinski definition) is 0. The molecule has 0 amide bonds. The van der Waals surface area contributed by atoms with Gasteiger partial charge in [-0.3, -0.25) is 0 Å². The predicted molar refractivity (Wildman–Crippen MR) is 92.6 cm³/mol. The Morgan fingerprint density at radius 3 is 1.95 bits per heavy atom. The molecule has 0 unspecified atom stereocenters. The first-order valence-corrected chi connectivity index (χ1v) is 8.14. The summed E-state index contributed by atoms with van der Waals surface area (Å²) in [6.07, 6.45) is 0. The summed E-state index contributed by atoms with van der Waals surface area (Å²) in [5.74, 6) is 1.01. The Morgan fingerprint density at radius 1 is 0.667 bits per heavy atom.